The lowest BCUT2D eigenvalue weighted by molar-refractivity contribution is -0.111. The van der Waals surface area contributed by atoms with Gasteiger partial charge in [0.2, 0.25) is 0 Å². The van der Waals surface area contributed by atoms with Crippen molar-refractivity contribution in [1.82, 2.24) is 0 Å². The van der Waals surface area contributed by atoms with Crippen molar-refractivity contribution in [1.29, 1.82) is 0 Å². The number of rotatable bonds is 7. The second-order valence-electron chi connectivity index (χ2n) is 6.82. The van der Waals surface area contributed by atoms with Crippen LogP contribution in [0.25, 0.3) is 0 Å². The Morgan fingerprint density at radius 1 is 0.840 bits per heavy atom. The highest BCUT2D eigenvalue weighted by Gasteiger charge is 2.33. The lowest BCUT2D eigenvalue weighted by Crippen LogP contribution is -2.20. The Bertz CT molecular complexity index is 282. The van der Waals surface area contributed by atoms with Crippen LogP contribution in [-0.4, -0.2) is 47.2 Å². The van der Waals surface area contributed by atoms with Crippen LogP contribution in [0.15, 0.2) is 0 Å². The average molecular weight is 363 g/mol. The number of hydrogen-bond acceptors (Lipinski definition) is 5. The largest absolute Gasteiger partial charge is 0.391 e. The predicted molar refractivity (Wildman–Crippen MR) is 102 cm³/mol. The highest BCUT2D eigenvalue weighted by molar-refractivity contribution is 5.52. The molecule has 0 saturated carbocycles. The summed E-state index contributed by atoms with van der Waals surface area (Å²) in [5.74, 6) is 0.873. The summed E-state index contributed by atoms with van der Waals surface area (Å²) in [5, 5.41) is 16.8. The molecule has 25 heavy (non-hydrogen) atoms. The summed E-state index contributed by atoms with van der Waals surface area (Å²) in [4.78, 5) is 9.97. The van der Waals surface area contributed by atoms with E-state index in [1.807, 2.05) is 13.8 Å². The minimum absolute atomic E-state index is 0.0463. The highest BCUT2D eigenvalue weighted by Crippen LogP contribution is 2.27. The molecule has 1 saturated heterocycles. The van der Waals surface area contributed by atoms with E-state index in [4.69, 9.17) is 19.7 Å². The zero-order valence-electron chi connectivity index (χ0n) is 17.6. The van der Waals surface area contributed by atoms with Gasteiger partial charge in [-0.15, -0.1) is 0 Å². The highest BCUT2D eigenvalue weighted by atomic mass is 16.7. The van der Waals surface area contributed by atoms with Crippen LogP contribution in [0.4, 0.5) is 0 Å². The molecule has 0 aromatic carbocycles. The van der Waals surface area contributed by atoms with Gasteiger partial charge in [-0.1, -0.05) is 27.7 Å². The molecule has 1 fully saturated rings. The van der Waals surface area contributed by atoms with Crippen LogP contribution in [0.2, 0.25) is 0 Å². The molecule has 1 rings (SSSR count). The molecule has 2 N–H and O–H groups in total. The summed E-state index contributed by atoms with van der Waals surface area (Å²) >= 11 is 0. The van der Waals surface area contributed by atoms with Crippen molar-refractivity contribution in [3.05, 3.63) is 0 Å². The van der Waals surface area contributed by atoms with Crippen LogP contribution in [0.3, 0.4) is 0 Å². The average Bonchev–Trinajstić information content (AvgIpc) is 2.90. The minimum Gasteiger partial charge on any atom is -0.391 e. The summed E-state index contributed by atoms with van der Waals surface area (Å²) in [6.07, 6.45) is 4.66. The van der Waals surface area contributed by atoms with Crippen molar-refractivity contribution in [3.8, 4) is 0 Å². The van der Waals surface area contributed by atoms with Gasteiger partial charge >= 0.3 is 0 Å². The van der Waals surface area contributed by atoms with Gasteiger partial charge in [-0.25, -0.2) is 0 Å². The van der Waals surface area contributed by atoms with E-state index in [1.54, 1.807) is 13.8 Å². The fourth-order valence-corrected chi connectivity index (χ4v) is 2.05. The van der Waals surface area contributed by atoms with Gasteiger partial charge in [0.05, 0.1) is 24.4 Å². The first kappa shape index (κ1) is 26.7. The Hall–Kier alpha value is -0.490. The fraction of sp³-hybridized carbons (Fsp3) is 0.950. The van der Waals surface area contributed by atoms with E-state index in [0.29, 0.717) is 11.8 Å². The lowest BCUT2D eigenvalue weighted by Gasteiger charge is -2.19. The molecule has 0 amide bonds. The van der Waals surface area contributed by atoms with Crippen LogP contribution < -0.4 is 0 Å². The van der Waals surface area contributed by atoms with E-state index in [0.717, 1.165) is 32.0 Å². The van der Waals surface area contributed by atoms with Crippen molar-refractivity contribution < 1.29 is 24.5 Å². The number of carbonyl (C=O) groups excluding carboxylic acids is 1. The Morgan fingerprint density at radius 2 is 1.20 bits per heavy atom. The molecule has 4 unspecified atom stereocenters. The molecule has 0 spiro atoms. The molecule has 152 valence electrons. The molecule has 5 heteroatoms. The monoisotopic (exact) mass is 362 g/mol. The lowest BCUT2D eigenvalue weighted by atomic mass is 10.0. The summed E-state index contributed by atoms with van der Waals surface area (Å²) in [6.45, 7) is 15.7. The summed E-state index contributed by atoms with van der Waals surface area (Å²) in [7, 11) is 0. The van der Waals surface area contributed by atoms with Crippen molar-refractivity contribution in [3.63, 3.8) is 0 Å². The van der Waals surface area contributed by atoms with Gasteiger partial charge in [-0.05, 0) is 53.4 Å². The molecule has 0 bridgehead atoms. The number of hydrogen-bond donors (Lipinski definition) is 2. The quantitative estimate of drug-likeness (QED) is 0.671. The SMILES string of the molecule is CC(O)C(C)O.CCC(C=O)CC.CCC(CC)C1OC(C)C(C)O1. The van der Waals surface area contributed by atoms with Gasteiger partial charge in [0.1, 0.15) is 6.29 Å². The molecule has 0 aliphatic carbocycles. The Labute approximate surface area is 155 Å². The normalized spacial score (nSPS) is 24.9. The summed E-state index contributed by atoms with van der Waals surface area (Å²) in [5.41, 5.74) is 0. The van der Waals surface area contributed by atoms with Gasteiger partial charge in [-0.2, -0.15) is 0 Å². The first-order chi connectivity index (χ1) is 11.7. The third kappa shape index (κ3) is 12.5. The van der Waals surface area contributed by atoms with E-state index in [1.165, 1.54) is 0 Å². The van der Waals surface area contributed by atoms with E-state index in [-0.39, 0.29) is 18.5 Å². The first-order valence-corrected chi connectivity index (χ1v) is 9.80. The van der Waals surface area contributed by atoms with Crippen molar-refractivity contribution in [2.75, 3.05) is 0 Å². The second-order valence-corrected chi connectivity index (χ2v) is 6.82. The van der Waals surface area contributed by atoms with Crippen molar-refractivity contribution in [2.45, 2.75) is 112 Å². The Morgan fingerprint density at radius 3 is 1.36 bits per heavy atom. The zero-order chi connectivity index (χ0) is 20.0. The maximum absolute atomic E-state index is 9.97. The maximum atomic E-state index is 9.97. The maximum Gasteiger partial charge on any atom is 0.161 e. The van der Waals surface area contributed by atoms with E-state index in [2.05, 4.69) is 27.7 Å². The number of aldehydes is 1. The van der Waals surface area contributed by atoms with Crippen LogP contribution in [0, 0.1) is 11.8 Å². The van der Waals surface area contributed by atoms with Crippen molar-refractivity contribution in [2.24, 2.45) is 11.8 Å². The van der Waals surface area contributed by atoms with E-state index < -0.39 is 12.2 Å². The predicted octanol–water partition coefficient (Wildman–Crippen LogP) is 3.94. The molecule has 4 atom stereocenters. The van der Waals surface area contributed by atoms with Crippen LogP contribution in [-0.2, 0) is 14.3 Å². The third-order valence-corrected chi connectivity index (χ3v) is 4.73. The number of aliphatic hydroxyl groups excluding tert-OH is 2. The molecule has 1 aliphatic rings. The summed E-state index contributed by atoms with van der Waals surface area (Å²) < 4.78 is 11.4. The van der Waals surface area contributed by atoms with Gasteiger partial charge in [0, 0.05) is 11.8 Å². The molecule has 0 aromatic heterocycles. The molecule has 5 nitrogen and oxygen atoms in total. The minimum atomic E-state index is -0.593. The van der Waals surface area contributed by atoms with E-state index in [9.17, 15) is 4.79 Å². The number of aliphatic hydroxyl groups is 2. The fourth-order valence-electron chi connectivity index (χ4n) is 2.05. The van der Waals surface area contributed by atoms with Gasteiger partial charge in [0.15, 0.2) is 6.29 Å². The molecule has 0 aromatic rings. The zero-order valence-corrected chi connectivity index (χ0v) is 17.6. The number of carbonyl (C=O) groups is 1. The molecule has 1 heterocycles. The van der Waals surface area contributed by atoms with E-state index >= 15 is 0 Å². The molecular formula is C20H42O5. The Balaban J connectivity index is 0. The topological polar surface area (TPSA) is 76.0 Å². The smallest absolute Gasteiger partial charge is 0.161 e. The third-order valence-electron chi connectivity index (χ3n) is 4.73. The molecule has 0 radical (unpaired) electrons. The van der Waals surface area contributed by atoms with Gasteiger partial charge < -0.3 is 24.5 Å². The second kappa shape index (κ2) is 15.7. The van der Waals surface area contributed by atoms with Crippen molar-refractivity contribution >= 4 is 6.29 Å². The standard InChI is InChI=1S/C10H20O2.C6H12O.C4H10O2/c1-5-9(6-2)10-11-7(3)8(4)12-10;1-3-6(4-2)5-7;1-3(5)4(2)6/h7-10H,5-6H2,1-4H3;5-6H,3-4H2,1-2H3;3-6H,1-2H3. The first-order valence-electron chi connectivity index (χ1n) is 9.80. The van der Waals surface area contributed by atoms with Crippen LogP contribution >= 0.6 is 0 Å². The molecular weight excluding hydrogens is 320 g/mol. The van der Waals surface area contributed by atoms with Crippen LogP contribution in [0.1, 0.15) is 81.1 Å². The van der Waals surface area contributed by atoms with Gasteiger partial charge in [-0.3, -0.25) is 0 Å². The summed E-state index contributed by atoms with van der Waals surface area (Å²) in [6, 6.07) is 0. The Kier molecular flexibility index (Phi) is 16.8. The molecule has 1 aliphatic heterocycles. The number of ether oxygens (including phenoxy) is 2. The van der Waals surface area contributed by atoms with Gasteiger partial charge in [0.25, 0.3) is 0 Å². The van der Waals surface area contributed by atoms with Crippen LogP contribution in [0.5, 0.6) is 0 Å².